The maximum atomic E-state index is 6.18. The molecule has 0 atom stereocenters. The Balaban J connectivity index is 4.23. The molecule has 60 valence electrons. The lowest BCUT2D eigenvalue weighted by Crippen LogP contribution is -2.62. The molecule has 0 aromatic heterocycles. The van der Waals surface area contributed by atoms with Crippen molar-refractivity contribution >= 4 is 17.9 Å². The highest BCUT2D eigenvalue weighted by atomic mass is 35.5. The molecule has 0 aliphatic carbocycles. The molecular weight excluding hydrogens is 146 g/mol. The van der Waals surface area contributed by atoms with Gasteiger partial charge >= 0.3 is 6.40 Å². The fourth-order valence-corrected chi connectivity index (χ4v) is 1.04. The summed E-state index contributed by atoms with van der Waals surface area (Å²) in [6.07, 6.45) is 0.111. The van der Waals surface area contributed by atoms with Gasteiger partial charge in [0, 0.05) is 0 Å². The topological polar surface area (TPSA) is 0 Å². The molecular formula is C6H18BClN2+2. The standard InChI is InChI=1S/C6H18BClN2/c1-9(2,3)7(8)10(4,5)6/h1-6H3/q+2. The number of nitrogens with zero attached hydrogens (tertiary/aromatic N) is 2. The Kier molecular flexibility index (Phi) is 2.80. The first-order valence-electron chi connectivity index (χ1n) is 3.42. The molecule has 0 N–H and O–H groups in total. The van der Waals surface area contributed by atoms with Crippen molar-refractivity contribution in [3.63, 3.8) is 0 Å². The lowest BCUT2D eigenvalue weighted by atomic mass is 9.99. The first-order chi connectivity index (χ1) is 4.15. The summed E-state index contributed by atoms with van der Waals surface area (Å²) in [5.41, 5.74) is 0. The number of hydrogen-bond donors (Lipinski definition) is 0. The zero-order valence-corrected chi connectivity index (χ0v) is 8.61. The summed E-state index contributed by atoms with van der Waals surface area (Å²) in [6, 6.07) is 0. The van der Waals surface area contributed by atoms with E-state index in [0.717, 1.165) is 8.79 Å². The molecule has 0 saturated heterocycles. The van der Waals surface area contributed by atoms with Crippen LogP contribution in [0.4, 0.5) is 0 Å². The minimum Gasteiger partial charge on any atom is -0.325 e. The van der Waals surface area contributed by atoms with Gasteiger partial charge in [-0.3, -0.25) is 0 Å². The smallest absolute Gasteiger partial charge is 0.325 e. The van der Waals surface area contributed by atoms with Crippen LogP contribution in [0.5, 0.6) is 0 Å². The lowest BCUT2D eigenvalue weighted by Gasteiger charge is -2.33. The van der Waals surface area contributed by atoms with Gasteiger partial charge in [-0.05, 0) is 11.5 Å². The van der Waals surface area contributed by atoms with Crippen molar-refractivity contribution in [2.45, 2.75) is 0 Å². The lowest BCUT2D eigenvalue weighted by molar-refractivity contribution is -0.874. The summed E-state index contributed by atoms with van der Waals surface area (Å²) in [5, 5.41) is 0. The van der Waals surface area contributed by atoms with Crippen LogP contribution in [-0.2, 0) is 0 Å². The van der Waals surface area contributed by atoms with Crippen LogP contribution < -0.4 is 0 Å². The van der Waals surface area contributed by atoms with E-state index in [2.05, 4.69) is 42.3 Å². The molecule has 0 heterocycles. The van der Waals surface area contributed by atoms with E-state index in [-0.39, 0.29) is 6.40 Å². The molecule has 10 heavy (non-hydrogen) atoms. The largest absolute Gasteiger partial charge is 0.785 e. The van der Waals surface area contributed by atoms with Gasteiger partial charge in [-0.2, -0.15) is 0 Å². The minimum absolute atomic E-state index is 0.111. The van der Waals surface area contributed by atoms with Crippen molar-refractivity contribution in [1.29, 1.82) is 0 Å². The quantitative estimate of drug-likeness (QED) is 0.525. The average Bonchev–Trinajstić information content (AvgIpc) is 1.59. The highest BCUT2D eigenvalue weighted by molar-refractivity contribution is 6.98. The molecule has 0 aromatic carbocycles. The van der Waals surface area contributed by atoms with Crippen molar-refractivity contribution in [3.05, 3.63) is 0 Å². The average molecular weight is 164 g/mol. The summed E-state index contributed by atoms with van der Waals surface area (Å²) in [7, 11) is 12.6. The van der Waals surface area contributed by atoms with E-state index in [0.29, 0.717) is 0 Å². The zero-order valence-electron chi connectivity index (χ0n) is 7.85. The van der Waals surface area contributed by atoms with Gasteiger partial charge in [0.2, 0.25) is 0 Å². The normalized spacial score (nSPS) is 13.5. The molecule has 0 spiro atoms. The third-order valence-electron chi connectivity index (χ3n) is 1.28. The van der Waals surface area contributed by atoms with Gasteiger partial charge in [0.1, 0.15) is 0 Å². The van der Waals surface area contributed by atoms with Gasteiger partial charge < -0.3 is 8.79 Å². The van der Waals surface area contributed by atoms with Crippen molar-refractivity contribution < 1.29 is 8.79 Å². The third kappa shape index (κ3) is 2.91. The zero-order chi connectivity index (χ0) is 8.58. The highest BCUT2D eigenvalue weighted by Crippen LogP contribution is 2.10. The first-order valence-corrected chi connectivity index (χ1v) is 3.85. The molecule has 0 bridgehead atoms. The second-order valence-electron chi connectivity index (χ2n) is 4.54. The first kappa shape index (κ1) is 10.3. The van der Waals surface area contributed by atoms with Gasteiger partial charge in [-0.15, -0.1) is 0 Å². The van der Waals surface area contributed by atoms with Crippen LogP contribution >= 0.6 is 11.5 Å². The van der Waals surface area contributed by atoms with Gasteiger partial charge in [0.15, 0.2) is 0 Å². The number of halogens is 1. The summed E-state index contributed by atoms with van der Waals surface area (Å²) in [4.78, 5) is 0. The van der Waals surface area contributed by atoms with E-state index in [9.17, 15) is 0 Å². The molecule has 0 unspecified atom stereocenters. The van der Waals surface area contributed by atoms with E-state index in [1.807, 2.05) is 0 Å². The Morgan fingerprint density at radius 3 is 1.00 bits per heavy atom. The van der Waals surface area contributed by atoms with Crippen molar-refractivity contribution in [3.8, 4) is 0 Å². The van der Waals surface area contributed by atoms with Crippen molar-refractivity contribution in [2.75, 3.05) is 42.3 Å². The molecule has 0 saturated carbocycles. The summed E-state index contributed by atoms with van der Waals surface area (Å²) in [5.74, 6) is 0. The Morgan fingerprint density at radius 2 is 1.00 bits per heavy atom. The van der Waals surface area contributed by atoms with Crippen LogP contribution in [0.25, 0.3) is 0 Å². The molecule has 0 aliphatic rings. The van der Waals surface area contributed by atoms with E-state index < -0.39 is 0 Å². The molecule has 0 fully saturated rings. The third-order valence-corrected chi connectivity index (χ3v) is 2.45. The van der Waals surface area contributed by atoms with E-state index in [1.54, 1.807) is 0 Å². The van der Waals surface area contributed by atoms with Crippen molar-refractivity contribution in [1.82, 2.24) is 0 Å². The fraction of sp³-hybridized carbons (Fsp3) is 1.00. The van der Waals surface area contributed by atoms with Crippen LogP contribution in [0.2, 0.25) is 0 Å². The molecule has 4 heteroatoms. The predicted molar refractivity (Wildman–Crippen MR) is 47.7 cm³/mol. The molecule has 0 aliphatic heterocycles. The van der Waals surface area contributed by atoms with E-state index in [4.69, 9.17) is 11.5 Å². The number of rotatable bonds is 2. The SMILES string of the molecule is C[N+](C)(C)B(Cl)[N+](C)(C)C. The number of quaternary nitrogens is 2. The Bertz CT molecular complexity index is 99.9. The van der Waals surface area contributed by atoms with Crippen LogP contribution in [0, 0.1) is 0 Å². The van der Waals surface area contributed by atoms with Gasteiger partial charge in [0.05, 0.1) is 42.3 Å². The maximum absolute atomic E-state index is 6.18. The van der Waals surface area contributed by atoms with Crippen LogP contribution in [0.1, 0.15) is 0 Å². The molecule has 0 aromatic rings. The van der Waals surface area contributed by atoms with Gasteiger partial charge in [0.25, 0.3) is 0 Å². The summed E-state index contributed by atoms with van der Waals surface area (Å²) < 4.78 is 1.57. The Hall–Kier alpha value is 0.275. The van der Waals surface area contributed by atoms with Gasteiger partial charge in [-0.25, -0.2) is 0 Å². The molecule has 0 radical (unpaired) electrons. The Labute approximate surface area is 69.6 Å². The maximum Gasteiger partial charge on any atom is 0.785 e. The van der Waals surface area contributed by atoms with E-state index >= 15 is 0 Å². The monoisotopic (exact) mass is 164 g/mol. The summed E-state index contributed by atoms with van der Waals surface area (Å²) >= 11 is 6.18. The molecule has 0 amide bonds. The fourth-order valence-electron chi connectivity index (χ4n) is 1.04. The van der Waals surface area contributed by atoms with Crippen LogP contribution in [0.3, 0.4) is 0 Å². The van der Waals surface area contributed by atoms with Gasteiger partial charge in [-0.1, -0.05) is 0 Å². The minimum atomic E-state index is 0.111. The second-order valence-corrected chi connectivity index (χ2v) is 4.93. The van der Waals surface area contributed by atoms with Crippen LogP contribution in [-0.4, -0.2) is 57.5 Å². The number of hydrogen-bond acceptors (Lipinski definition) is 0. The van der Waals surface area contributed by atoms with E-state index in [1.165, 1.54) is 0 Å². The second kappa shape index (κ2) is 2.72. The van der Waals surface area contributed by atoms with Crippen LogP contribution in [0.15, 0.2) is 0 Å². The summed E-state index contributed by atoms with van der Waals surface area (Å²) in [6.45, 7) is 0. The highest BCUT2D eigenvalue weighted by Gasteiger charge is 2.48. The van der Waals surface area contributed by atoms with Crippen molar-refractivity contribution in [2.24, 2.45) is 0 Å². The molecule has 2 nitrogen and oxygen atoms in total. The Morgan fingerprint density at radius 1 is 0.800 bits per heavy atom. The molecule has 0 rings (SSSR count). The predicted octanol–water partition coefficient (Wildman–Crippen LogP) is 0.622.